The molecule has 6 nitrogen and oxygen atoms in total. The Morgan fingerprint density at radius 1 is 1.22 bits per heavy atom. The van der Waals surface area contributed by atoms with Gasteiger partial charge in [-0.15, -0.1) is 0 Å². The van der Waals surface area contributed by atoms with Crippen molar-refractivity contribution < 1.29 is 22.4 Å². The van der Waals surface area contributed by atoms with E-state index in [-0.39, 0.29) is 21.4 Å². The van der Waals surface area contributed by atoms with Crippen LogP contribution >= 0.6 is 11.6 Å². The van der Waals surface area contributed by atoms with Gasteiger partial charge in [-0.1, -0.05) is 29.8 Å². The monoisotopic (exact) mass is 476 g/mol. The van der Waals surface area contributed by atoms with Crippen molar-refractivity contribution in [3.05, 3.63) is 76.1 Å². The summed E-state index contributed by atoms with van der Waals surface area (Å²) in [5.41, 5.74) is 1.77. The molecule has 2 aromatic carbocycles. The van der Waals surface area contributed by atoms with Crippen molar-refractivity contribution in [1.82, 2.24) is 10.2 Å². The fourth-order valence-corrected chi connectivity index (χ4v) is 4.71. The fourth-order valence-electron chi connectivity index (χ4n) is 3.92. The van der Waals surface area contributed by atoms with Crippen molar-refractivity contribution in [1.29, 1.82) is 0 Å². The molecular weight excluding hydrogens is 455 g/mol. The van der Waals surface area contributed by atoms with Crippen molar-refractivity contribution in [2.24, 2.45) is 0 Å². The van der Waals surface area contributed by atoms with Gasteiger partial charge in [0.05, 0.1) is 16.0 Å². The molecule has 0 unspecified atom stereocenters. The number of halogens is 2. The molecule has 32 heavy (non-hydrogen) atoms. The van der Waals surface area contributed by atoms with Crippen LogP contribution in [-0.2, 0) is 14.6 Å². The van der Waals surface area contributed by atoms with E-state index in [1.54, 1.807) is 12.1 Å². The van der Waals surface area contributed by atoms with Crippen LogP contribution in [0.4, 0.5) is 4.39 Å². The molecule has 1 heterocycles. The zero-order chi connectivity index (χ0) is 23.0. The minimum Gasteiger partial charge on any atom is -0.344 e. The van der Waals surface area contributed by atoms with E-state index < -0.39 is 33.6 Å². The van der Waals surface area contributed by atoms with Gasteiger partial charge in [-0.3, -0.25) is 9.59 Å². The first-order valence-corrected chi connectivity index (χ1v) is 12.5. The Morgan fingerprint density at radius 2 is 1.97 bits per heavy atom. The Hall–Kier alpha value is -2.71. The molecule has 0 saturated carbocycles. The summed E-state index contributed by atoms with van der Waals surface area (Å²) in [6.07, 6.45) is 4.89. The lowest BCUT2D eigenvalue weighted by atomic mass is 10.0. The molecule has 2 aromatic rings. The molecule has 1 aliphatic carbocycles. The lowest BCUT2D eigenvalue weighted by Crippen LogP contribution is -2.46. The average molecular weight is 477 g/mol. The highest BCUT2D eigenvalue weighted by atomic mass is 35.5. The van der Waals surface area contributed by atoms with Crippen molar-refractivity contribution in [2.45, 2.75) is 36.2 Å². The second-order valence-corrected chi connectivity index (χ2v) is 10.5. The van der Waals surface area contributed by atoms with Crippen LogP contribution in [0.25, 0.3) is 0 Å². The molecule has 9 heteroatoms. The molecule has 1 aliphatic heterocycles. The summed E-state index contributed by atoms with van der Waals surface area (Å²) in [6, 6.07) is 9.07. The van der Waals surface area contributed by atoms with Gasteiger partial charge >= 0.3 is 0 Å². The number of hydrogen-bond acceptors (Lipinski definition) is 4. The van der Waals surface area contributed by atoms with Crippen LogP contribution in [0.2, 0.25) is 5.02 Å². The van der Waals surface area contributed by atoms with Crippen LogP contribution in [0, 0.1) is 5.82 Å². The highest BCUT2D eigenvalue weighted by molar-refractivity contribution is 7.90. The number of hydrogen-bond donors (Lipinski definition) is 1. The quantitative estimate of drug-likeness (QED) is 0.645. The van der Waals surface area contributed by atoms with E-state index in [4.69, 9.17) is 11.6 Å². The van der Waals surface area contributed by atoms with Crippen LogP contribution in [0.1, 0.15) is 41.2 Å². The predicted octanol–water partition coefficient (Wildman–Crippen LogP) is 3.67. The van der Waals surface area contributed by atoms with Gasteiger partial charge in [0, 0.05) is 18.4 Å². The van der Waals surface area contributed by atoms with Crippen molar-refractivity contribution in [3.8, 4) is 0 Å². The van der Waals surface area contributed by atoms with Crippen LogP contribution in [0.15, 0.2) is 59.0 Å². The summed E-state index contributed by atoms with van der Waals surface area (Å²) in [5, 5.41) is 2.96. The highest BCUT2D eigenvalue weighted by Crippen LogP contribution is 2.35. The number of amides is 2. The largest absolute Gasteiger partial charge is 0.344 e. The van der Waals surface area contributed by atoms with Gasteiger partial charge < -0.3 is 10.2 Å². The van der Waals surface area contributed by atoms with Gasteiger partial charge in [0.15, 0.2) is 9.84 Å². The maximum atomic E-state index is 14.0. The van der Waals surface area contributed by atoms with Crippen molar-refractivity contribution in [3.63, 3.8) is 0 Å². The Labute approximate surface area is 191 Å². The number of likely N-dealkylation sites (tertiary alicyclic amines) is 1. The van der Waals surface area contributed by atoms with Gasteiger partial charge in [-0.05, 0) is 60.7 Å². The van der Waals surface area contributed by atoms with Crippen molar-refractivity contribution >= 4 is 33.3 Å². The Bertz CT molecular complexity index is 1230. The van der Waals surface area contributed by atoms with E-state index in [2.05, 4.69) is 5.32 Å². The highest BCUT2D eigenvalue weighted by Gasteiger charge is 2.36. The summed E-state index contributed by atoms with van der Waals surface area (Å²) in [5.74, 6) is -1.29. The van der Waals surface area contributed by atoms with E-state index in [0.717, 1.165) is 18.2 Å². The summed E-state index contributed by atoms with van der Waals surface area (Å²) >= 11 is 5.78. The van der Waals surface area contributed by atoms with Gasteiger partial charge in [0.1, 0.15) is 11.9 Å². The second-order valence-electron chi connectivity index (χ2n) is 8.05. The molecular formula is C23H22ClFN2O4S. The zero-order valence-electron chi connectivity index (χ0n) is 17.3. The molecule has 4 rings (SSSR count). The molecule has 0 bridgehead atoms. The molecule has 0 radical (unpaired) electrons. The molecule has 1 saturated heterocycles. The van der Waals surface area contributed by atoms with Gasteiger partial charge in [-0.2, -0.15) is 0 Å². The Kier molecular flexibility index (Phi) is 6.09. The van der Waals surface area contributed by atoms with E-state index in [1.807, 2.05) is 6.08 Å². The first-order chi connectivity index (χ1) is 15.1. The summed E-state index contributed by atoms with van der Waals surface area (Å²) in [4.78, 5) is 27.8. The van der Waals surface area contributed by atoms with Gasteiger partial charge in [0.25, 0.3) is 5.91 Å². The number of carbonyl (C=O) groups is 2. The standard InChI is InChI=1S/C23H22ClFN2O4S/c1-32(30,31)17-5-2-4-16(12-17)23(29)27-11-3-6-20(27)22(28)26-21(14-7-8-14)15-9-10-18(24)19(25)13-15/h2,4-5,7,9-10,12-13,20-21H,3,6,8,11H2,1H3,(H,26,28)/t20-,21-/m1/s1. The fraction of sp³-hybridized carbons (Fsp3) is 0.304. The second kappa shape index (κ2) is 8.67. The van der Waals surface area contributed by atoms with Gasteiger partial charge in [0.2, 0.25) is 5.91 Å². The maximum absolute atomic E-state index is 14.0. The minimum absolute atomic E-state index is 0.00694. The lowest BCUT2D eigenvalue weighted by Gasteiger charge is -2.26. The Balaban J connectivity index is 1.54. The van der Waals surface area contributed by atoms with E-state index in [0.29, 0.717) is 24.9 Å². The number of sulfone groups is 1. The molecule has 2 atom stereocenters. The van der Waals surface area contributed by atoms with E-state index in [9.17, 15) is 22.4 Å². The summed E-state index contributed by atoms with van der Waals surface area (Å²) < 4.78 is 37.7. The third-order valence-corrected chi connectivity index (χ3v) is 7.12. The third kappa shape index (κ3) is 4.71. The molecule has 2 aliphatic rings. The maximum Gasteiger partial charge on any atom is 0.254 e. The van der Waals surface area contributed by atoms with Crippen LogP contribution < -0.4 is 5.32 Å². The molecule has 0 aromatic heterocycles. The third-order valence-electron chi connectivity index (χ3n) is 5.70. The number of allylic oxidation sites excluding steroid dienone is 1. The van der Waals surface area contributed by atoms with E-state index in [1.165, 1.54) is 35.2 Å². The zero-order valence-corrected chi connectivity index (χ0v) is 18.9. The van der Waals surface area contributed by atoms with Crippen LogP contribution in [0.5, 0.6) is 0 Å². The Morgan fingerprint density at radius 3 is 2.62 bits per heavy atom. The molecule has 0 spiro atoms. The minimum atomic E-state index is -3.46. The number of nitrogens with one attached hydrogen (secondary N) is 1. The molecule has 168 valence electrons. The first-order valence-electron chi connectivity index (χ1n) is 10.2. The smallest absolute Gasteiger partial charge is 0.254 e. The number of benzene rings is 2. The van der Waals surface area contributed by atoms with Crippen LogP contribution in [0.3, 0.4) is 0 Å². The molecule has 1 N–H and O–H groups in total. The number of nitrogens with zero attached hydrogens (tertiary/aromatic N) is 1. The number of rotatable bonds is 6. The average Bonchev–Trinajstić information content (AvgIpc) is 3.48. The topological polar surface area (TPSA) is 83.6 Å². The van der Waals surface area contributed by atoms with Gasteiger partial charge in [-0.25, -0.2) is 12.8 Å². The number of carbonyl (C=O) groups excluding carboxylic acids is 2. The summed E-state index contributed by atoms with van der Waals surface area (Å²) in [6.45, 7) is 0.392. The first kappa shape index (κ1) is 22.5. The van der Waals surface area contributed by atoms with Crippen molar-refractivity contribution in [2.75, 3.05) is 12.8 Å². The molecule has 1 fully saturated rings. The summed E-state index contributed by atoms with van der Waals surface area (Å²) in [7, 11) is -3.46. The predicted molar refractivity (Wildman–Crippen MR) is 119 cm³/mol. The molecule has 2 amide bonds. The SMILES string of the molecule is CS(=O)(=O)c1cccc(C(=O)N2CCC[C@@H]2C(=O)N[C@H](C2=CC2)c2ccc(Cl)c(F)c2)c1. The lowest BCUT2D eigenvalue weighted by molar-refractivity contribution is -0.125. The van der Waals surface area contributed by atoms with Crippen LogP contribution in [-0.4, -0.2) is 44.0 Å². The van der Waals surface area contributed by atoms with E-state index >= 15 is 0 Å². The normalized spacial score (nSPS) is 18.8.